The van der Waals surface area contributed by atoms with E-state index >= 15 is 0 Å². The number of halogens is 1. The number of anilines is 1. The summed E-state index contributed by atoms with van der Waals surface area (Å²) in [7, 11) is -2.74. The highest BCUT2D eigenvalue weighted by molar-refractivity contribution is 7.92. The van der Waals surface area contributed by atoms with Crippen molar-refractivity contribution >= 4 is 15.8 Å². The van der Waals surface area contributed by atoms with Crippen LogP contribution in [0.3, 0.4) is 0 Å². The van der Waals surface area contributed by atoms with Crippen LogP contribution in [0.25, 0.3) is 0 Å². The molecule has 2 aromatic rings. The van der Waals surface area contributed by atoms with E-state index in [-0.39, 0.29) is 5.82 Å². The fraction of sp³-hybridized carbons (Fsp3) is 0.0909. The molecule has 0 aliphatic rings. The van der Waals surface area contributed by atoms with Crippen LogP contribution in [0.1, 0.15) is 0 Å². The van der Waals surface area contributed by atoms with Gasteiger partial charge in [0, 0.05) is 19.4 Å². The largest absolute Gasteiger partial charge is 0.285 e. The molecule has 2 rings (SSSR count). The first-order chi connectivity index (χ1) is 8.53. The normalized spacial score (nSPS) is 11.2. The highest BCUT2D eigenvalue weighted by Gasteiger charge is 2.26. The molecule has 2 heterocycles. The van der Waals surface area contributed by atoms with Gasteiger partial charge < -0.3 is 0 Å². The molecule has 0 amide bonds. The van der Waals surface area contributed by atoms with Crippen LogP contribution in [-0.4, -0.2) is 25.4 Å². The van der Waals surface area contributed by atoms with Crippen LogP contribution in [0.5, 0.6) is 0 Å². The third-order valence-corrected chi connectivity index (χ3v) is 4.00. The molecular weight excluding hydrogens is 257 g/mol. The van der Waals surface area contributed by atoms with E-state index in [0.717, 1.165) is 10.4 Å². The van der Waals surface area contributed by atoms with Gasteiger partial charge >= 0.3 is 0 Å². The first kappa shape index (κ1) is 12.4. The van der Waals surface area contributed by atoms with Crippen LogP contribution in [-0.2, 0) is 10.0 Å². The maximum absolute atomic E-state index is 13.5. The summed E-state index contributed by atoms with van der Waals surface area (Å²) in [5.74, 6) is -0.692. The van der Waals surface area contributed by atoms with Gasteiger partial charge in [-0.1, -0.05) is 6.07 Å². The number of pyridine rings is 2. The zero-order valence-electron chi connectivity index (χ0n) is 9.49. The third-order valence-electron chi connectivity index (χ3n) is 2.30. The molecule has 0 saturated heterocycles. The predicted molar refractivity (Wildman–Crippen MR) is 64.0 cm³/mol. The van der Waals surface area contributed by atoms with Gasteiger partial charge in [-0.25, -0.2) is 14.4 Å². The second-order valence-corrected chi connectivity index (χ2v) is 5.34. The fourth-order valence-corrected chi connectivity index (χ4v) is 2.48. The molecule has 5 nitrogen and oxygen atoms in total. The van der Waals surface area contributed by atoms with Crippen molar-refractivity contribution in [1.29, 1.82) is 0 Å². The molecule has 94 valence electrons. The summed E-state index contributed by atoms with van der Waals surface area (Å²) in [5, 5.41) is -0.613. The summed E-state index contributed by atoms with van der Waals surface area (Å²) < 4.78 is 38.6. The van der Waals surface area contributed by atoms with Crippen LogP contribution in [0, 0.1) is 5.82 Å². The van der Waals surface area contributed by atoms with Gasteiger partial charge in [-0.05, 0) is 24.3 Å². The van der Waals surface area contributed by atoms with E-state index in [1.54, 1.807) is 12.1 Å². The smallest absolute Gasteiger partial charge is 0.252 e. The second-order valence-electron chi connectivity index (χ2n) is 3.45. The van der Waals surface area contributed by atoms with Crippen molar-refractivity contribution < 1.29 is 12.8 Å². The van der Waals surface area contributed by atoms with Gasteiger partial charge in [-0.2, -0.15) is 8.42 Å². The standard InChI is InChI=1S/C11H10FN3O2S/c1-15(10-6-2-3-7-13-10)18(16,17)11-9(12)5-4-8-14-11/h2-8H,1H3. The number of rotatable bonds is 3. The van der Waals surface area contributed by atoms with E-state index in [4.69, 9.17) is 0 Å². The first-order valence-corrected chi connectivity index (χ1v) is 6.48. The van der Waals surface area contributed by atoms with Gasteiger partial charge in [0.2, 0.25) is 5.03 Å². The average molecular weight is 267 g/mol. The third kappa shape index (κ3) is 2.17. The number of sulfonamides is 1. The summed E-state index contributed by atoms with van der Waals surface area (Å²) in [6.45, 7) is 0. The summed E-state index contributed by atoms with van der Waals surface area (Å²) in [5.41, 5.74) is 0. The number of hydrogen-bond donors (Lipinski definition) is 0. The van der Waals surface area contributed by atoms with Crippen molar-refractivity contribution in [3.8, 4) is 0 Å². The minimum Gasteiger partial charge on any atom is -0.252 e. The van der Waals surface area contributed by atoms with Crippen molar-refractivity contribution in [2.45, 2.75) is 5.03 Å². The lowest BCUT2D eigenvalue weighted by Crippen LogP contribution is -2.28. The van der Waals surface area contributed by atoms with E-state index in [1.807, 2.05) is 0 Å². The molecular formula is C11H10FN3O2S. The fourth-order valence-electron chi connectivity index (χ4n) is 1.35. The van der Waals surface area contributed by atoms with Gasteiger partial charge in [-0.3, -0.25) is 4.31 Å². The molecule has 0 unspecified atom stereocenters. The Morgan fingerprint density at radius 2 is 1.83 bits per heavy atom. The molecule has 0 bridgehead atoms. The predicted octanol–water partition coefficient (Wildman–Crippen LogP) is 1.44. The van der Waals surface area contributed by atoms with E-state index in [9.17, 15) is 12.8 Å². The molecule has 0 spiro atoms. The highest BCUT2D eigenvalue weighted by atomic mass is 32.2. The monoisotopic (exact) mass is 267 g/mol. The van der Waals surface area contributed by atoms with E-state index < -0.39 is 20.9 Å². The zero-order valence-corrected chi connectivity index (χ0v) is 10.3. The first-order valence-electron chi connectivity index (χ1n) is 5.04. The molecule has 0 aliphatic heterocycles. The SMILES string of the molecule is CN(c1ccccn1)S(=O)(=O)c1ncccc1F. The lowest BCUT2D eigenvalue weighted by atomic mass is 10.5. The molecule has 18 heavy (non-hydrogen) atoms. The average Bonchev–Trinajstić information content (AvgIpc) is 2.39. The van der Waals surface area contributed by atoms with E-state index in [0.29, 0.717) is 0 Å². The molecule has 0 saturated carbocycles. The van der Waals surface area contributed by atoms with Gasteiger partial charge in [0.25, 0.3) is 10.0 Å². The molecule has 0 aliphatic carbocycles. The van der Waals surface area contributed by atoms with Gasteiger partial charge in [0.15, 0.2) is 5.82 Å². The minimum atomic E-state index is -4.04. The summed E-state index contributed by atoms with van der Waals surface area (Å²) in [6, 6.07) is 7.19. The van der Waals surface area contributed by atoms with Crippen LogP contribution in [0.15, 0.2) is 47.8 Å². The number of aromatic nitrogens is 2. The van der Waals surface area contributed by atoms with Crippen molar-refractivity contribution in [2.24, 2.45) is 0 Å². The summed E-state index contributed by atoms with van der Waals surface area (Å²) in [6.07, 6.45) is 2.68. The van der Waals surface area contributed by atoms with E-state index in [2.05, 4.69) is 9.97 Å². The Kier molecular flexibility index (Phi) is 3.24. The van der Waals surface area contributed by atoms with Gasteiger partial charge in [0.1, 0.15) is 5.82 Å². The van der Waals surface area contributed by atoms with Crippen LogP contribution in [0.2, 0.25) is 0 Å². The molecule has 0 aromatic carbocycles. The Bertz CT molecular complexity index is 646. The summed E-state index contributed by atoms with van der Waals surface area (Å²) in [4.78, 5) is 7.46. The Hall–Kier alpha value is -2.02. The van der Waals surface area contributed by atoms with E-state index in [1.165, 1.54) is 31.6 Å². The Morgan fingerprint density at radius 1 is 1.11 bits per heavy atom. The Balaban J connectivity index is 2.48. The van der Waals surface area contributed by atoms with Gasteiger partial charge in [-0.15, -0.1) is 0 Å². The minimum absolute atomic E-state index is 0.197. The topological polar surface area (TPSA) is 63.2 Å². The number of hydrogen-bond acceptors (Lipinski definition) is 4. The van der Waals surface area contributed by atoms with Crippen molar-refractivity contribution in [3.05, 3.63) is 48.5 Å². The quantitative estimate of drug-likeness (QED) is 0.844. The van der Waals surface area contributed by atoms with Gasteiger partial charge in [0.05, 0.1) is 0 Å². The Labute approximate surface area is 104 Å². The Morgan fingerprint density at radius 3 is 2.44 bits per heavy atom. The molecule has 0 N–H and O–H groups in total. The molecule has 0 fully saturated rings. The lowest BCUT2D eigenvalue weighted by Gasteiger charge is -2.17. The van der Waals surface area contributed by atoms with Crippen LogP contribution >= 0.6 is 0 Å². The molecule has 0 atom stereocenters. The highest BCUT2D eigenvalue weighted by Crippen LogP contribution is 2.19. The van der Waals surface area contributed by atoms with Crippen molar-refractivity contribution in [1.82, 2.24) is 9.97 Å². The summed E-state index contributed by atoms with van der Waals surface area (Å²) >= 11 is 0. The molecule has 2 aromatic heterocycles. The number of nitrogens with zero attached hydrogens (tertiary/aromatic N) is 3. The van der Waals surface area contributed by atoms with Crippen molar-refractivity contribution in [3.63, 3.8) is 0 Å². The lowest BCUT2D eigenvalue weighted by molar-refractivity contribution is 0.552. The van der Waals surface area contributed by atoms with Crippen LogP contribution in [0.4, 0.5) is 10.2 Å². The van der Waals surface area contributed by atoms with Crippen molar-refractivity contribution in [2.75, 3.05) is 11.4 Å². The molecule has 0 radical (unpaired) electrons. The molecule has 7 heteroatoms. The second kappa shape index (κ2) is 4.69. The maximum atomic E-state index is 13.5. The zero-order chi connectivity index (χ0) is 13.2. The maximum Gasteiger partial charge on any atom is 0.285 e. The van der Waals surface area contributed by atoms with Crippen LogP contribution < -0.4 is 4.31 Å².